The number of nitrogens with one attached hydrogen (secondary N) is 3. The van der Waals surface area contributed by atoms with Crippen molar-refractivity contribution in [2.45, 2.75) is 12.8 Å². The predicted octanol–water partition coefficient (Wildman–Crippen LogP) is 5.04. The molecule has 4 rings (SSSR count). The molecule has 0 spiro atoms. The molecule has 0 bridgehead atoms. The molecule has 0 unspecified atom stereocenters. The Labute approximate surface area is 184 Å². The smallest absolute Gasteiger partial charge is 0.319 e. The molecule has 1 heterocycles. The van der Waals surface area contributed by atoms with Crippen LogP contribution in [0.25, 0.3) is 10.2 Å². The van der Waals surface area contributed by atoms with Crippen molar-refractivity contribution in [2.24, 2.45) is 0 Å². The average Bonchev–Trinajstić information content (AvgIpc) is 3.18. The van der Waals surface area contributed by atoms with Gasteiger partial charge < -0.3 is 16.0 Å². The van der Waals surface area contributed by atoms with E-state index in [4.69, 9.17) is 0 Å². The Morgan fingerprint density at radius 2 is 1.52 bits per heavy atom. The molecule has 1 aromatic heterocycles. The van der Waals surface area contributed by atoms with Gasteiger partial charge in [0.05, 0.1) is 15.2 Å². The van der Waals surface area contributed by atoms with Crippen LogP contribution in [0, 0.1) is 0 Å². The minimum atomic E-state index is -0.335. The van der Waals surface area contributed by atoms with Crippen LogP contribution in [0.2, 0.25) is 0 Å². The molecule has 0 aliphatic carbocycles. The standard InChI is InChI=1S/C24H22N4O2S/c29-22(14-15-25-24(30)27-18-6-2-1-3-7-18)26-19-12-10-17(11-13-19)16-23-28-20-8-4-5-9-21(20)31-23/h1-13H,14-16H2,(H,26,29)(H2,25,27,30). The number of benzene rings is 3. The van der Waals surface area contributed by atoms with Crippen molar-refractivity contribution in [2.75, 3.05) is 17.2 Å². The lowest BCUT2D eigenvalue weighted by Gasteiger charge is -2.08. The molecular formula is C24H22N4O2S. The fraction of sp³-hybridized carbons (Fsp3) is 0.125. The van der Waals surface area contributed by atoms with E-state index in [1.807, 2.05) is 60.7 Å². The predicted molar refractivity (Wildman–Crippen MR) is 126 cm³/mol. The topological polar surface area (TPSA) is 83.1 Å². The van der Waals surface area contributed by atoms with Crippen LogP contribution in [-0.2, 0) is 11.2 Å². The van der Waals surface area contributed by atoms with E-state index in [0.29, 0.717) is 5.69 Å². The van der Waals surface area contributed by atoms with E-state index in [-0.39, 0.29) is 24.9 Å². The number of para-hydroxylation sites is 2. The van der Waals surface area contributed by atoms with Gasteiger partial charge in [-0.15, -0.1) is 11.3 Å². The number of aromatic nitrogens is 1. The fourth-order valence-corrected chi connectivity index (χ4v) is 4.09. The van der Waals surface area contributed by atoms with E-state index < -0.39 is 0 Å². The van der Waals surface area contributed by atoms with Gasteiger partial charge >= 0.3 is 6.03 Å². The second-order valence-electron chi connectivity index (χ2n) is 6.99. The van der Waals surface area contributed by atoms with Gasteiger partial charge in [0.25, 0.3) is 0 Å². The summed E-state index contributed by atoms with van der Waals surface area (Å²) in [5.74, 6) is -0.154. The highest BCUT2D eigenvalue weighted by Gasteiger charge is 2.07. The zero-order valence-corrected chi connectivity index (χ0v) is 17.6. The lowest BCUT2D eigenvalue weighted by Crippen LogP contribution is -2.31. The molecule has 3 amide bonds. The molecule has 6 nitrogen and oxygen atoms in total. The summed E-state index contributed by atoms with van der Waals surface area (Å²) in [6.45, 7) is 0.250. The molecule has 0 atom stereocenters. The van der Waals surface area contributed by atoms with E-state index >= 15 is 0 Å². The minimum Gasteiger partial charge on any atom is -0.337 e. The molecule has 0 aliphatic heterocycles. The van der Waals surface area contributed by atoms with Gasteiger partial charge in [0.2, 0.25) is 5.91 Å². The molecule has 0 fully saturated rings. The Balaban J connectivity index is 1.22. The first kappa shape index (κ1) is 20.6. The summed E-state index contributed by atoms with van der Waals surface area (Å²) >= 11 is 1.70. The van der Waals surface area contributed by atoms with E-state index in [9.17, 15) is 9.59 Å². The molecule has 0 aliphatic rings. The number of anilines is 2. The summed E-state index contributed by atoms with van der Waals surface area (Å²) in [6, 6.07) is 24.7. The van der Waals surface area contributed by atoms with Gasteiger partial charge in [-0.25, -0.2) is 9.78 Å². The Kier molecular flexibility index (Phi) is 6.54. The number of amides is 3. The third-order valence-corrected chi connectivity index (χ3v) is 5.64. The summed E-state index contributed by atoms with van der Waals surface area (Å²) in [5.41, 5.74) is 3.59. The highest BCUT2D eigenvalue weighted by atomic mass is 32.1. The first-order valence-electron chi connectivity index (χ1n) is 9.99. The van der Waals surface area contributed by atoms with E-state index in [1.54, 1.807) is 23.5 Å². The second-order valence-corrected chi connectivity index (χ2v) is 8.11. The first-order valence-corrected chi connectivity index (χ1v) is 10.8. The van der Waals surface area contributed by atoms with Crippen LogP contribution in [0.5, 0.6) is 0 Å². The molecule has 3 N–H and O–H groups in total. The number of carbonyl (C=O) groups excluding carboxylic acids is 2. The van der Waals surface area contributed by atoms with E-state index in [0.717, 1.165) is 28.2 Å². The number of hydrogen-bond acceptors (Lipinski definition) is 4. The number of nitrogens with zero attached hydrogens (tertiary/aromatic N) is 1. The van der Waals surface area contributed by atoms with Crippen molar-refractivity contribution < 1.29 is 9.59 Å². The number of hydrogen-bond donors (Lipinski definition) is 3. The van der Waals surface area contributed by atoms with Crippen molar-refractivity contribution in [1.82, 2.24) is 10.3 Å². The summed E-state index contributed by atoms with van der Waals surface area (Å²) < 4.78 is 1.19. The number of fused-ring (bicyclic) bond motifs is 1. The lowest BCUT2D eigenvalue weighted by molar-refractivity contribution is -0.116. The molecule has 31 heavy (non-hydrogen) atoms. The van der Waals surface area contributed by atoms with Crippen LogP contribution in [0.1, 0.15) is 17.0 Å². The zero-order valence-electron chi connectivity index (χ0n) is 16.8. The van der Waals surface area contributed by atoms with Crippen molar-refractivity contribution in [1.29, 1.82) is 0 Å². The monoisotopic (exact) mass is 430 g/mol. The van der Waals surface area contributed by atoms with Crippen LogP contribution in [0.15, 0.2) is 78.9 Å². The van der Waals surface area contributed by atoms with Crippen LogP contribution < -0.4 is 16.0 Å². The Morgan fingerprint density at radius 3 is 2.29 bits per heavy atom. The Bertz CT molecular complexity index is 1140. The summed E-state index contributed by atoms with van der Waals surface area (Å²) in [7, 11) is 0. The van der Waals surface area contributed by atoms with Crippen molar-refractivity contribution in [3.8, 4) is 0 Å². The molecule has 7 heteroatoms. The van der Waals surface area contributed by atoms with Gasteiger partial charge in [0.1, 0.15) is 0 Å². The fourth-order valence-electron chi connectivity index (χ4n) is 3.09. The van der Waals surface area contributed by atoms with Gasteiger partial charge in [0.15, 0.2) is 0 Å². The molecule has 0 saturated heterocycles. The van der Waals surface area contributed by atoms with Gasteiger partial charge in [0, 0.05) is 30.8 Å². The quantitative estimate of drug-likeness (QED) is 0.384. The van der Waals surface area contributed by atoms with Gasteiger partial charge in [-0.05, 0) is 42.0 Å². The normalized spacial score (nSPS) is 10.6. The van der Waals surface area contributed by atoms with Crippen molar-refractivity contribution >= 4 is 44.9 Å². The van der Waals surface area contributed by atoms with Crippen molar-refractivity contribution in [3.05, 3.63) is 89.4 Å². The van der Waals surface area contributed by atoms with Crippen LogP contribution in [0.4, 0.5) is 16.2 Å². The maximum absolute atomic E-state index is 12.1. The summed E-state index contributed by atoms with van der Waals surface area (Å²) in [6.07, 6.45) is 0.948. The highest BCUT2D eigenvalue weighted by Crippen LogP contribution is 2.24. The Hall–Kier alpha value is -3.71. The maximum Gasteiger partial charge on any atom is 0.319 e. The van der Waals surface area contributed by atoms with Crippen molar-refractivity contribution in [3.63, 3.8) is 0 Å². The zero-order chi connectivity index (χ0) is 21.5. The Morgan fingerprint density at radius 1 is 0.806 bits per heavy atom. The summed E-state index contributed by atoms with van der Waals surface area (Å²) in [5, 5.41) is 9.31. The number of rotatable bonds is 7. The number of urea groups is 1. The lowest BCUT2D eigenvalue weighted by atomic mass is 10.1. The van der Waals surface area contributed by atoms with Crippen LogP contribution >= 0.6 is 11.3 Å². The van der Waals surface area contributed by atoms with Gasteiger partial charge in [-0.1, -0.05) is 42.5 Å². The number of carbonyl (C=O) groups is 2. The average molecular weight is 431 g/mol. The molecule has 156 valence electrons. The minimum absolute atomic E-state index is 0.154. The molecule has 4 aromatic rings. The van der Waals surface area contributed by atoms with E-state index in [1.165, 1.54) is 4.70 Å². The van der Waals surface area contributed by atoms with Crippen LogP contribution in [0.3, 0.4) is 0 Å². The SMILES string of the molecule is O=C(CCNC(=O)Nc1ccccc1)Nc1ccc(Cc2nc3ccccc3s2)cc1. The molecule has 0 saturated carbocycles. The summed E-state index contributed by atoms with van der Waals surface area (Å²) in [4.78, 5) is 28.6. The first-order chi connectivity index (χ1) is 15.2. The second kappa shape index (κ2) is 9.86. The van der Waals surface area contributed by atoms with Gasteiger partial charge in [-0.2, -0.15) is 0 Å². The third-order valence-electron chi connectivity index (χ3n) is 4.60. The number of thiazole rings is 1. The van der Waals surface area contributed by atoms with Gasteiger partial charge in [-0.3, -0.25) is 4.79 Å². The molecule has 0 radical (unpaired) electrons. The third kappa shape index (κ3) is 5.90. The largest absolute Gasteiger partial charge is 0.337 e. The highest BCUT2D eigenvalue weighted by molar-refractivity contribution is 7.18. The van der Waals surface area contributed by atoms with Crippen LogP contribution in [-0.4, -0.2) is 23.5 Å². The van der Waals surface area contributed by atoms with E-state index in [2.05, 4.69) is 27.0 Å². The maximum atomic E-state index is 12.1. The molecular weight excluding hydrogens is 408 g/mol. The molecule has 3 aromatic carbocycles.